The number of hydrogen-bond acceptors (Lipinski definition) is 10. The predicted molar refractivity (Wildman–Crippen MR) is 287 cm³/mol. The van der Waals surface area contributed by atoms with E-state index in [0.29, 0.717) is 47.3 Å². The van der Waals surface area contributed by atoms with E-state index in [-0.39, 0.29) is 35.1 Å². The molecule has 0 bridgehead atoms. The van der Waals surface area contributed by atoms with Crippen molar-refractivity contribution in [3.05, 3.63) is 107 Å². The second kappa shape index (κ2) is 31.0. The van der Waals surface area contributed by atoms with E-state index in [4.69, 9.17) is 28.9 Å². The number of esters is 2. The Balaban J connectivity index is 0.826. The van der Waals surface area contributed by atoms with Gasteiger partial charge in [0.1, 0.15) is 34.5 Å². The molecular weight excluding hydrogens is 889 g/mol. The van der Waals surface area contributed by atoms with Gasteiger partial charge in [-0.2, -0.15) is 0 Å². The molecule has 71 heavy (non-hydrogen) atoms. The van der Waals surface area contributed by atoms with Gasteiger partial charge < -0.3 is 29.2 Å². The van der Waals surface area contributed by atoms with Crippen LogP contribution in [0.15, 0.2) is 94.9 Å². The first-order chi connectivity index (χ1) is 34.8. The summed E-state index contributed by atoms with van der Waals surface area (Å²) in [5.41, 5.74) is 2.04. The lowest BCUT2D eigenvalue weighted by Crippen LogP contribution is -2.23. The lowest BCUT2D eigenvalue weighted by Gasteiger charge is -2.32. The highest BCUT2D eigenvalue weighted by molar-refractivity contribution is 5.92. The van der Waals surface area contributed by atoms with E-state index in [0.717, 1.165) is 75.7 Å². The third-order valence-corrected chi connectivity index (χ3v) is 14.3. The number of benzene rings is 4. The van der Waals surface area contributed by atoms with Gasteiger partial charge in [0, 0.05) is 47.8 Å². The van der Waals surface area contributed by atoms with E-state index in [9.17, 15) is 19.8 Å². The van der Waals surface area contributed by atoms with E-state index < -0.39 is 11.9 Å². The van der Waals surface area contributed by atoms with Gasteiger partial charge in [0.2, 0.25) is 0 Å². The van der Waals surface area contributed by atoms with Crippen LogP contribution < -0.4 is 18.9 Å². The maximum Gasteiger partial charge on any atom is 0.343 e. The Labute approximate surface area is 424 Å². The highest BCUT2D eigenvalue weighted by Gasteiger charge is 2.27. The van der Waals surface area contributed by atoms with E-state index >= 15 is 0 Å². The summed E-state index contributed by atoms with van der Waals surface area (Å²) in [6.45, 7) is 5.82. The van der Waals surface area contributed by atoms with Crippen LogP contribution in [0.5, 0.6) is 34.5 Å². The Morgan fingerprint density at radius 1 is 0.465 bits per heavy atom. The molecular formula is C61H82N2O8. The number of nitrogens with zero attached hydrogens (tertiary/aromatic N) is 2. The molecule has 2 saturated carbocycles. The lowest BCUT2D eigenvalue weighted by molar-refractivity contribution is 0.0724. The van der Waals surface area contributed by atoms with E-state index in [1.165, 1.54) is 108 Å². The summed E-state index contributed by atoms with van der Waals surface area (Å²) in [6, 6.07) is 24.3. The molecule has 2 N–H and O–H groups in total. The zero-order valence-corrected chi connectivity index (χ0v) is 42.9. The topological polar surface area (TPSA) is 136 Å². The number of ether oxygens (including phenoxy) is 4. The number of carbonyl (C=O) groups is 2. The molecule has 4 aromatic carbocycles. The molecule has 10 heteroatoms. The van der Waals surface area contributed by atoms with E-state index in [1.54, 1.807) is 85.2 Å². The number of phenols is 2. The monoisotopic (exact) mass is 971 g/mol. The van der Waals surface area contributed by atoms with Crippen LogP contribution >= 0.6 is 0 Å². The average Bonchev–Trinajstić information content (AvgIpc) is 3.38. The van der Waals surface area contributed by atoms with Crippen molar-refractivity contribution in [2.75, 3.05) is 13.2 Å². The highest BCUT2D eigenvalue weighted by atomic mass is 16.5. The summed E-state index contributed by atoms with van der Waals surface area (Å²) >= 11 is 0. The number of aromatic hydroxyl groups is 2. The van der Waals surface area contributed by atoms with Crippen molar-refractivity contribution in [1.29, 1.82) is 0 Å². The maximum absolute atomic E-state index is 12.8. The fourth-order valence-electron chi connectivity index (χ4n) is 9.85. The summed E-state index contributed by atoms with van der Waals surface area (Å²) < 4.78 is 22.9. The van der Waals surface area contributed by atoms with Gasteiger partial charge >= 0.3 is 11.9 Å². The number of rotatable bonds is 30. The normalized spacial score (nSPS) is 18.2. The molecule has 0 saturated heterocycles. The number of hydrogen-bond donors (Lipinski definition) is 2. The molecule has 0 radical (unpaired) electrons. The molecule has 0 aromatic heterocycles. The molecule has 4 aromatic rings. The van der Waals surface area contributed by atoms with Crippen molar-refractivity contribution in [1.82, 2.24) is 0 Å². The minimum Gasteiger partial charge on any atom is -0.507 e. The third-order valence-electron chi connectivity index (χ3n) is 14.3. The molecule has 6 rings (SSSR count). The fraction of sp³-hybridized carbons (Fsp3) is 0.541. The van der Waals surface area contributed by atoms with Crippen LogP contribution in [-0.2, 0) is 0 Å². The van der Waals surface area contributed by atoms with Gasteiger partial charge in [0.15, 0.2) is 0 Å². The van der Waals surface area contributed by atoms with Gasteiger partial charge in [-0.15, -0.1) is 0 Å². The minimum atomic E-state index is -0.492. The molecule has 0 aliphatic heterocycles. The van der Waals surface area contributed by atoms with Crippen molar-refractivity contribution in [2.24, 2.45) is 21.8 Å². The first-order valence-electron chi connectivity index (χ1n) is 27.4. The lowest BCUT2D eigenvalue weighted by atomic mass is 9.76. The Bertz CT molecular complexity index is 2070. The van der Waals surface area contributed by atoms with Crippen molar-refractivity contribution in [3.63, 3.8) is 0 Å². The van der Waals surface area contributed by atoms with Gasteiger partial charge in [-0.3, -0.25) is 9.98 Å². The Morgan fingerprint density at radius 2 is 0.803 bits per heavy atom. The standard InChI is InChI=1S/C61H82N2O8/c1-3-5-7-9-11-13-15-17-39-68-54-33-23-48(24-34-54)60(66)70-56-37-27-50(58(64)42-56)44-62-52-29-19-46(20-30-52)41-47-21-31-53(32-22-47)63-45-51-28-38-57(43-59(51)65)71-61(67)49-25-35-55(36-26-49)69-40-18-16-14-12-10-8-6-4-2/h23-28,33-38,42-47,52-53,64-65H,3-22,29-32,39-41H2,1-2H3. The molecule has 0 heterocycles. The summed E-state index contributed by atoms with van der Waals surface area (Å²) in [5, 5.41) is 21.5. The van der Waals surface area contributed by atoms with Gasteiger partial charge in [-0.05, 0) is 155 Å². The van der Waals surface area contributed by atoms with E-state index in [1.807, 2.05) is 0 Å². The number of carbonyl (C=O) groups excluding carboxylic acids is 2. The zero-order valence-electron chi connectivity index (χ0n) is 42.9. The van der Waals surface area contributed by atoms with Crippen molar-refractivity contribution >= 4 is 24.4 Å². The number of unbranched alkanes of at least 4 members (excludes halogenated alkanes) is 14. The summed E-state index contributed by atoms with van der Waals surface area (Å²) in [6.07, 6.45) is 33.5. The van der Waals surface area contributed by atoms with Crippen molar-refractivity contribution < 1.29 is 38.7 Å². The summed E-state index contributed by atoms with van der Waals surface area (Å²) in [7, 11) is 0. The molecule has 0 atom stereocenters. The number of aliphatic imine (C=N–C) groups is 2. The highest BCUT2D eigenvalue weighted by Crippen LogP contribution is 2.37. The second-order valence-electron chi connectivity index (χ2n) is 20.1. The van der Waals surface area contributed by atoms with Crippen LogP contribution in [0.2, 0.25) is 0 Å². The zero-order chi connectivity index (χ0) is 49.9. The number of phenolic OH excluding ortho intramolecular Hbond substituents is 2. The van der Waals surface area contributed by atoms with Crippen LogP contribution in [0.3, 0.4) is 0 Å². The van der Waals surface area contributed by atoms with Crippen LogP contribution in [0.1, 0.15) is 206 Å². The molecule has 384 valence electrons. The fourth-order valence-corrected chi connectivity index (χ4v) is 9.85. The SMILES string of the molecule is CCCCCCCCCCOc1ccc(C(=O)Oc2ccc(C=NC3CCC(CC4CCC(N=Cc5ccc(OC(=O)c6ccc(OCCCCCCCCCC)cc6)cc5O)CC4)CC3)c(O)c2)cc1. The van der Waals surface area contributed by atoms with Crippen molar-refractivity contribution in [3.8, 4) is 34.5 Å². The molecule has 0 spiro atoms. The van der Waals surface area contributed by atoms with E-state index in [2.05, 4.69) is 13.8 Å². The Hall–Kier alpha value is -5.64. The maximum atomic E-state index is 12.8. The molecule has 0 amide bonds. The van der Waals surface area contributed by atoms with Gasteiger partial charge in [0.05, 0.1) is 24.3 Å². The molecule has 2 fully saturated rings. The van der Waals surface area contributed by atoms with Crippen molar-refractivity contribution in [2.45, 2.75) is 186 Å². The smallest absolute Gasteiger partial charge is 0.343 e. The van der Waals surface area contributed by atoms with Crippen LogP contribution in [0, 0.1) is 11.8 Å². The largest absolute Gasteiger partial charge is 0.507 e. The minimum absolute atomic E-state index is 0.0259. The summed E-state index contributed by atoms with van der Waals surface area (Å²) in [5.74, 6) is 2.49. The third kappa shape index (κ3) is 19.8. The van der Waals surface area contributed by atoms with Gasteiger partial charge in [-0.1, -0.05) is 104 Å². The van der Waals surface area contributed by atoms with Gasteiger partial charge in [0.25, 0.3) is 0 Å². The van der Waals surface area contributed by atoms with Gasteiger partial charge in [-0.25, -0.2) is 9.59 Å². The summed E-state index contributed by atoms with van der Waals surface area (Å²) in [4.78, 5) is 35.4. The first-order valence-corrected chi connectivity index (χ1v) is 27.4. The average molecular weight is 971 g/mol. The second-order valence-corrected chi connectivity index (χ2v) is 20.1. The first kappa shape index (κ1) is 54.7. The molecule has 10 nitrogen and oxygen atoms in total. The van der Waals surface area contributed by atoms with Crippen LogP contribution in [-0.4, -0.2) is 59.9 Å². The quantitative estimate of drug-likeness (QED) is 0.0228. The van der Waals surface area contributed by atoms with Crippen LogP contribution in [0.4, 0.5) is 0 Å². The molecule has 2 aliphatic carbocycles. The van der Waals surface area contributed by atoms with Crippen LogP contribution in [0.25, 0.3) is 0 Å². The predicted octanol–water partition coefficient (Wildman–Crippen LogP) is 15.6. The molecule has 0 unspecified atom stereocenters. The molecule has 2 aliphatic rings. The Kier molecular flexibility index (Phi) is 23.8. The Morgan fingerprint density at radius 3 is 1.15 bits per heavy atom.